The average Bonchev–Trinajstić information content (AvgIpc) is 2.44. The van der Waals surface area contributed by atoms with E-state index in [1.807, 2.05) is 0 Å². The van der Waals surface area contributed by atoms with E-state index < -0.39 is 16.0 Å². The highest BCUT2D eigenvalue weighted by Crippen LogP contribution is 2.15. The third-order valence-electron chi connectivity index (χ3n) is 2.37. The van der Waals surface area contributed by atoms with E-state index in [1.165, 1.54) is 0 Å². The van der Waals surface area contributed by atoms with Gasteiger partial charge in [0.25, 0.3) is 0 Å². The zero-order valence-corrected chi connectivity index (χ0v) is 12.4. The first-order valence-corrected chi connectivity index (χ1v) is 7.98. The Hall–Kier alpha value is -2.04. The van der Waals surface area contributed by atoms with Gasteiger partial charge in [-0.2, -0.15) is 0 Å². The lowest BCUT2D eigenvalue weighted by molar-refractivity contribution is -0.142. The van der Waals surface area contributed by atoms with E-state index in [9.17, 15) is 13.2 Å². The second kappa shape index (κ2) is 8.29. The monoisotopic (exact) mass is 311 g/mol. The minimum absolute atomic E-state index is 0.214. The van der Waals surface area contributed by atoms with E-state index in [2.05, 4.69) is 21.3 Å². The quantitative estimate of drug-likeness (QED) is 0.597. The summed E-state index contributed by atoms with van der Waals surface area (Å²) in [5.74, 6) is 4.18. The number of aliphatic hydroxyl groups is 1. The molecular formula is C14H17NO5S. The van der Waals surface area contributed by atoms with Crippen LogP contribution in [-0.4, -0.2) is 38.5 Å². The van der Waals surface area contributed by atoms with Crippen molar-refractivity contribution < 1.29 is 23.1 Å². The molecule has 0 radical (unpaired) electrons. The van der Waals surface area contributed by atoms with Gasteiger partial charge < -0.3 is 9.84 Å². The molecule has 114 valence electrons. The molecule has 0 atom stereocenters. The number of carbonyl (C=O) groups excluding carboxylic acids is 1. The smallest absolute Gasteiger partial charge is 0.306 e. The Morgan fingerprint density at radius 1 is 1.38 bits per heavy atom. The largest absolute Gasteiger partial charge is 0.466 e. The van der Waals surface area contributed by atoms with Crippen LogP contribution in [0.1, 0.15) is 18.9 Å². The minimum atomic E-state index is -3.68. The van der Waals surface area contributed by atoms with Crippen LogP contribution in [-0.2, 0) is 19.6 Å². The summed E-state index contributed by atoms with van der Waals surface area (Å²) in [7, 11) is -3.68. The van der Waals surface area contributed by atoms with Gasteiger partial charge in [-0.05, 0) is 19.1 Å². The Labute approximate surface area is 124 Å². The summed E-state index contributed by atoms with van der Waals surface area (Å²) >= 11 is 0. The zero-order chi connectivity index (χ0) is 15.7. The summed E-state index contributed by atoms with van der Waals surface area (Å²) in [5, 5.41) is 8.68. The fourth-order valence-electron chi connectivity index (χ4n) is 1.49. The molecule has 6 nitrogen and oxygen atoms in total. The highest BCUT2D eigenvalue weighted by molar-refractivity contribution is 7.92. The van der Waals surface area contributed by atoms with Crippen molar-refractivity contribution in [2.24, 2.45) is 0 Å². The third-order valence-corrected chi connectivity index (χ3v) is 3.65. The predicted octanol–water partition coefficient (Wildman–Crippen LogP) is 0.725. The maximum Gasteiger partial charge on any atom is 0.306 e. The van der Waals surface area contributed by atoms with E-state index in [0.29, 0.717) is 11.3 Å². The van der Waals surface area contributed by atoms with Gasteiger partial charge in [0.2, 0.25) is 10.0 Å². The van der Waals surface area contributed by atoms with E-state index in [1.54, 1.807) is 31.2 Å². The maximum atomic E-state index is 11.9. The van der Waals surface area contributed by atoms with Crippen LogP contribution in [0.5, 0.6) is 0 Å². The number of rotatable bonds is 6. The molecule has 0 bridgehead atoms. The molecule has 2 N–H and O–H groups in total. The average molecular weight is 311 g/mol. The van der Waals surface area contributed by atoms with Crippen LogP contribution in [0.3, 0.4) is 0 Å². The lowest BCUT2D eigenvalue weighted by Crippen LogP contribution is -2.20. The van der Waals surface area contributed by atoms with Gasteiger partial charge in [-0.25, -0.2) is 8.42 Å². The Balaban J connectivity index is 2.78. The molecular weight excluding hydrogens is 294 g/mol. The van der Waals surface area contributed by atoms with E-state index in [4.69, 9.17) is 5.11 Å². The lowest BCUT2D eigenvalue weighted by Gasteiger charge is -2.09. The Morgan fingerprint density at radius 3 is 2.76 bits per heavy atom. The number of sulfonamides is 1. The number of ether oxygens (including phenoxy) is 1. The molecule has 0 amide bonds. The van der Waals surface area contributed by atoms with E-state index in [-0.39, 0.29) is 25.4 Å². The molecule has 1 aromatic carbocycles. The lowest BCUT2D eigenvalue weighted by atomic mass is 10.2. The molecule has 0 spiro atoms. The molecule has 0 aromatic heterocycles. The van der Waals surface area contributed by atoms with E-state index >= 15 is 0 Å². The molecule has 21 heavy (non-hydrogen) atoms. The van der Waals surface area contributed by atoms with Crippen molar-refractivity contribution in [1.82, 2.24) is 0 Å². The van der Waals surface area contributed by atoms with Crippen molar-refractivity contribution in [3.05, 3.63) is 29.8 Å². The first-order chi connectivity index (χ1) is 9.98. The highest BCUT2D eigenvalue weighted by atomic mass is 32.2. The summed E-state index contributed by atoms with van der Waals surface area (Å²) in [4.78, 5) is 11.2. The summed E-state index contributed by atoms with van der Waals surface area (Å²) in [6, 6.07) is 6.56. The van der Waals surface area contributed by atoms with Gasteiger partial charge in [0, 0.05) is 5.56 Å². The van der Waals surface area contributed by atoms with Crippen LogP contribution in [0, 0.1) is 11.8 Å². The third kappa shape index (κ3) is 6.29. The van der Waals surface area contributed by atoms with Gasteiger partial charge in [0.15, 0.2) is 0 Å². The van der Waals surface area contributed by atoms with Crippen LogP contribution in [0.4, 0.5) is 5.69 Å². The topological polar surface area (TPSA) is 92.7 Å². The molecule has 0 aliphatic heterocycles. The fraction of sp³-hybridized carbons (Fsp3) is 0.357. The Bertz CT molecular complexity index is 643. The Kier molecular flexibility index (Phi) is 6.72. The SMILES string of the molecule is CCOC(=O)CCS(=O)(=O)Nc1ccccc1C#CCO. The number of para-hydroxylation sites is 1. The number of hydrogen-bond acceptors (Lipinski definition) is 5. The van der Waals surface area contributed by atoms with E-state index in [0.717, 1.165) is 0 Å². The van der Waals surface area contributed by atoms with Crippen molar-refractivity contribution in [2.75, 3.05) is 23.7 Å². The predicted molar refractivity (Wildman–Crippen MR) is 79.1 cm³/mol. The summed E-state index contributed by atoms with van der Waals surface area (Å²) < 4.78 is 30.9. The minimum Gasteiger partial charge on any atom is -0.466 e. The van der Waals surface area contributed by atoms with Crippen LogP contribution in [0.15, 0.2) is 24.3 Å². The van der Waals surface area contributed by atoms with Crippen LogP contribution >= 0.6 is 0 Å². The van der Waals surface area contributed by atoms with Crippen LogP contribution in [0.25, 0.3) is 0 Å². The van der Waals surface area contributed by atoms with Crippen molar-refractivity contribution in [3.8, 4) is 11.8 Å². The number of anilines is 1. The summed E-state index contributed by atoms with van der Waals surface area (Å²) in [5.41, 5.74) is 0.758. The second-order valence-corrected chi connectivity index (χ2v) is 5.82. The standard InChI is InChI=1S/C14H17NO5S/c1-2-20-14(17)9-11-21(18,19)15-13-8-4-3-6-12(13)7-5-10-16/h3-4,6,8,15-16H,2,9-11H2,1H3. The maximum absolute atomic E-state index is 11.9. The molecule has 0 heterocycles. The first-order valence-electron chi connectivity index (χ1n) is 6.33. The van der Waals surface area contributed by atoms with Gasteiger partial charge in [-0.1, -0.05) is 24.0 Å². The first kappa shape index (κ1) is 17.0. The molecule has 0 aliphatic rings. The number of benzene rings is 1. The second-order valence-electron chi connectivity index (χ2n) is 3.98. The molecule has 0 unspecified atom stereocenters. The molecule has 0 saturated heterocycles. The number of carbonyl (C=O) groups is 1. The fourth-order valence-corrected chi connectivity index (χ4v) is 2.54. The normalized spacial score (nSPS) is 10.4. The zero-order valence-electron chi connectivity index (χ0n) is 11.6. The number of nitrogens with one attached hydrogen (secondary N) is 1. The summed E-state index contributed by atoms with van der Waals surface area (Å²) in [6.45, 7) is 1.55. The van der Waals surface area contributed by atoms with Gasteiger partial charge in [0.1, 0.15) is 6.61 Å². The molecule has 1 rings (SSSR count). The molecule has 7 heteroatoms. The van der Waals surface area contributed by atoms with Crippen LogP contribution < -0.4 is 4.72 Å². The van der Waals surface area contributed by atoms with Crippen molar-refractivity contribution in [3.63, 3.8) is 0 Å². The number of aliphatic hydroxyl groups excluding tert-OH is 1. The molecule has 0 saturated carbocycles. The van der Waals surface area contributed by atoms with Gasteiger partial charge in [-0.15, -0.1) is 0 Å². The molecule has 0 aliphatic carbocycles. The van der Waals surface area contributed by atoms with Gasteiger partial charge >= 0.3 is 5.97 Å². The number of esters is 1. The van der Waals surface area contributed by atoms with Crippen molar-refractivity contribution in [1.29, 1.82) is 0 Å². The summed E-state index contributed by atoms with van der Waals surface area (Å²) in [6.07, 6.45) is -0.215. The molecule has 1 aromatic rings. The number of hydrogen-bond donors (Lipinski definition) is 2. The van der Waals surface area contributed by atoms with Crippen LogP contribution in [0.2, 0.25) is 0 Å². The van der Waals surface area contributed by atoms with Gasteiger partial charge in [-0.3, -0.25) is 9.52 Å². The van der Waals surface area contributed by atoms with Crippen molar-refractivity contribution >= 4 is 21.7 Å². The van der Waals surface area contributed by atoms with Gasteiger partial charge in [0.05, 0.1) is 24.5 Å². The molecule has 0 fully saturated rings. The highest BCUT2D eigenvalue weighted by Gasteiger charge is 2.15. The Morgan fingerprint density at radius 2 is 2.10 bits per heavy atom. The van der Waals surface area contributed by atoms with Crippen molar-refractivity contribution in [2.45, 2.75) is 13.3 Å².